The molecule has 4 nitrogen and oxygen atoms in total. The molecule has 0 unspecified atom stereocenters. The normalized spacial score (nSPS) is 17.1. The highest BCUT2D eigenvalue weighted by Gasteiger charge is 2.22. The van der Waals surface area contributed by atoms with Crippen LogP contribution in [0.4, 0.5) is 0 Å². The van der Waals surface area contributed by atoms with Crippen LogP contribution in [-0.2, 0) is 0 Å². The van der Waals surface area contributed by atoms with E-state index in [1.165, 1.54) is 6.42 Å². The fourth-order valence-electron chi connectivity index (χ4n) is 1.99. The van der Waals surface area contributed by atoms with E-state index in [-0.39, 0.29) is 5.69 Å². The van der Waals surface area contributed by atoms with Gasteiger partial charge in [-0.25, -0.2) is 4.79 Å². The highest BCUT2D eigenvalue weighted by Crippen LogP contribution is 2.32. The second-order valence-corrected chi connectivity index (χ2v) is 3.78. The Morgan fingerprint density at radius 2 is 2.36 bits per heavy atom. The van der Waals surface area contributed by atoms with Crippen LogP contribution in [-0.4, -0.2) is 14.5 Å². The number of nitrogens with one attached hydrogen (secondary N) is 1. The number of H-pyrrole nitrogens is 1. The van der Waals surface area contributed by atoms with Gasteiger partial charge in [-0.1, -0.05) is 0 Å². The summed E-state index contributed by atoms with van der Waals surface area (Å²) < 4.78 is 1.86. The minimum absolute atomic E-state index is 0.00213. The van der Waals surface area contributed by atoms with Crippen LogP contribution in [0, 0.1) is 0 Å². The SMILES string of the molecule is O=c1[nH]c2cnccc2n1C1CCC1. The molecule has 1 N–H and O–H groups in total. The summed E-state index contributed by atoms with van der Waals surface area (Å²) in [7, 11) is 0. The number of imidazole rings is 1. The number of rotatable bonds is 1. The van der Waals surface area contributed by atoms with Crippen LogP contribution in [0.2, 0.25) is 0 Å². The molecule has 1 aliphatic carbocycles. The summed E-state index contributed by atoms with van der Waals surface area (Å²) in [5, 5.41) is 0. The van der Waals surface area contributed by atoms with Gasteiger partial charge in [0, 0.05) is 12.2 Å². The van der Waals surface area contributed by atoms with Crippen molar-refractivity contribution < 1.29 is 0 Å². The van der Waals surface area contributed by atoms with Gasteiger partial charge < -0.3 is 4.98 Å². The second-order valence-electron chi connectivity index (χ2n) is 3.78. The largest absolute Gasteiger partial charge is 0.326 e. The first-order chi connectivity index (χ1) is 6.86. The third-order valence-corrected chi connectivity index (χ3v) is 2.96. The molecule has 0 spiro atoms. The van der Waals surface area contributed by atoms with Crippen molar-refractivity contribution in [2.24, 2.45) is 0 Å². The van der Waals surface area contributed by atoms with E-state index in [4.69, 9.17) is 0 Å². The predicted molar refractivity (Wildman–Crippen MR) is 53.2 cm³/mol. The number of hydrogen-bond donors (Lipinski definition) is 1. The van der Waals surface area contributed by atoms with E-state index in [0.29, 0.717) is 6.04 Å². The molecule has 0 atom stereocenters. The summed E-state index contributed by atoms with van der Waals surface area (Å²) in [5.41, 5.74) is 1.82. The lowest BCUT2D eigenvalue weighted by molar-refractivity contribution is 0.314. The van der Waals surface area contributed by atoms with Crippen LogP contribution in [0.3, 0.4) is 0 Å². The number of pyridine rings is 1. The van der Waals surface area contributed by atoms with Gasteiger partial charge in [-0.3, -0.25) is 9.55 Å². The van der Waals surface area contributed by atoms with E-state index in [2.05, 4.69) is 9.97 Å². The molecule has 0 radical (unpaired) electrons. The van der Waals surface area contributed by atoms with Gasteiger partial charge >= 0.3 is 5.69 Å². The van der Waals surface area contributed by atoms with Gasteiger partial charge in [-0.05, 0) is 25.3 Å². The molecular formula is C10H11N3O. The molecule has 14 heavy (non-hydrogen) atoms. The lowest BCUT2D eigenvalue weighted by atomic mass is 9.93. The van der Waals surface area contributed by atoms with Crippen LogP contribution >= 0.6 is 0 Å². The van der Waals surface area contributed by atoms with Crippen molar-refractivity contribution in [3.63, 3.8) is 0 Å². The van der Waals surface area contributed by atoms with Gasteiger partial charge in [-0.2, -0.15) is 0 Å². The third-order valence-electron chi connectivity index (χ3n) is 2.96. The molecular weight excluding hydrogens is 178 g/mol. The van der Waals surface area contributed by atoms with Crippen LogP contribution in [0.5, 0.6) is 0 Å². The highest BCUT2D eigenvalue weighted by atomic mass is 16.1. The van der Waals surface area contributed by atoms with E-state index >= 15 is 0 Å². The highest BCUT2D eigenvalue weighted by molar-refractivity contribution is 5.73. The maximum absolute atomic E-state index is 11.7. The molecule has 2 heterocycles. The number of aromatic nitrogens is 3. The van der Waals surface area contributed by atoms with Crippen molar-refractivity contribution in [1.29, 1.82) is 0 Å². The van der Waals surface area contributed by atoms with Crippen LogP contribution < -0.4 is 5.69 Å². The number of aromatic amines is 1. The van der Waals surface area contributed by atoms with Gasteiger partial charge in [-0.15, -0.1) is 0 Å². The second kappa shape index (κ2) is 2.70. The fraction of sp³-hybridized carbons (Fsp3) is 0.400. The Bertz CT molecular complexity index is 521. The lowest BCUT2D eigenvalue weighted by Crippen LogP contribution is -2.26. The van der Waals surface area contributed by atoms with E-state index in [0.717, 1.165) is 23.9 Å². The maximum Gasteiger partial charge on any atom is 0.326 e. The summed E-state index contributed by atoms with van der Waals surface area (Å²) in [4.78, 5) is 18.5. The molecule has 0 amide bonds. The van der Waals surface area contributed by atoms with E-state index in [1.54, 1.807) is 12.4 Å². The standard InChI is InChI=1S/C10H11N3O/c14-10-12-8-6-11-5-4-9(8)13(10)7-2-1-3-7/h4-7H,1-3H2,(H,12,14). The van der Waals surface area contributed by atoms with Crippen molar-refractivity contribution in [3.05, 3.63) is 28.9 Å². The van der Waals surface area contributed by atoms with Gasteiger partial charge in [0.25, 0.3) is 0 Å². The summed E-state index contributed by atoms with van der Waals surface area (Å²) in [5.74, 6) is 0. The Morgan fingerprint density at radius 1 is 1.50 bits per heavy atom. The molecule has 72 valence electrons. The van der Waals surface area contributed by atoms with Crippen LogP contribution in [0.25, 0.3) is 11.0 Å². The molecule has 0 bridgehead atoms. The molecule has 2 aromatic heterocycles. The molecule has 0 aliphatic heterocycles. The monoisotopic (exact) mass is 189 g/mol. The number of fused-ring (bicyclic) bond motifs is 1. The van der Waals surface area contributed by atoms with Crippen molar-refractivity contribution in [2.45, 2.75) is 25.3 Å². The van der Waals surface area contributed by atoms with Crippen molar-refractivity contribution in [1.82, 2.24) is 14.5 Å². The smallest absolute Gasteiger partial charge is 0.304 e. The zero-order valence-corrected chi connectivity index (χ0v) is 7.73. The first-order valence-electron chi connectivity index (χ1n) is 4.90. The first-order valence-corrected chi connectivity index (χ1v) is 4.90. The zero-order chi connectivity index (χ0) is 9.54. The van der Waals surface area contributed by atoms with Crippen LogP contribution in [0.15, 0.2) is 23.3 Å². The van der Waals surface area contributed by atoms with Crippen molar-refractivity contribution >= 4 is 11.0 Å². The zero-order valence-electron chi connectivity index (χ0n) is 7.73. The Balaban J connectivity index is 2.29. The number of nitrogens with zero attached hydrogens (tertiary/aromatic N) is 2. The minimum atomic E-state index is -0.00213. The first kappa shape index (κ1) is 7.79. The average Bonchev–Trinajstić information content (AvgIpc) is 2.41. The minimum Gasteiger partial charge on any atom is -0.304 e. The predicted octanol–water partition coefficient (Wildman–Crippen LogP) is 1.45. The Kier molecular flexibility index (Phi) is 1.50. The van der Waals surface area contributed by atoms with Crippen molar-refractivity contribution in [3.8, 4) is 0 Å². The topological polar surface area (TPSA) is 50.7 Å². The van der Waals surface area contributed by atoms with E-state index < -0.39 is 0 Å². The molecule has 0 aromatic carbocycles. The Morgan fingerprint density at radius 3 is 3.07 bits per heavy atom. The third kappa shape index (κ3) is 0.937. The van der Waals surface area contributed by atoms with E-state index in [1.807, 2.05) is 10.6 Å². The number of hydrogen-bond acceptors (Lipinski definition) is 2. The molecule has 1 saturated carbocycles. The quantitative estimate of drug-likeness (QED) is 0.738. The molecule has 2 aromatic rings. The molecule has 0 saturated heterocycles. The lowest BCUT2D eigenvalue weighted by Gasteiger charge is -2.26. The maximum atomic E-state index is 11.7. The Labute approximate surface area is 80.6 Å². The molecule has 4 heteroatoms. The summed E-state index contributed by atoms with van der Waals surface area (Å²) in [6.07, 6.45) is 6.90. The van der Waals surface area contributed by atoms with Crippen LogP contribution in [0.1, 0.15) is 25.3 Å². The summed E-state index contributed by atoms with van der Waals surface area (Å²) in [6.45, 7) is 0. The van der Waals surface area contributed by atoms with Gasteiger partial charge in [0.1, 0.15) is 0 Å². The summed E-state index contributed by atoms with van der Waals surface area (Å²) in [6, 6.07) is 2.30. The van der Waals surface area contributed by atoms with E-state index in [9.17, 15) is 4.79 Å². The fourth-order valence-corrected chi connectivity index (χ4v) is 1.99. The molecule has 1 fully saturated rings. The average molecular weight is 189 g/mol. The van der Waals surface area contributed by atoms with Gasteiger partial charge in [0.2, 0.25) is 0 Å². The van der Waals surface area contributed by atoms with Gasteiger partial charge in [0.05, 0.1) is 17.2 Å². The molecule has 1 aliphatic rings. The van der Waals surface area contributed by atoms with Crippen molar-refractivity contribution in [2.75, 3.05) is 0 Å². The summed E-state index contributed by atoms with van der Waals surface area (Å²) >= 11 is 0. The Hall–Kier alpha value is -1.58. The van der Waals surface area contributed by atoms with Gasteiger partial charge in [0.15, 0.2) is 0 Å². The molecule has 3 rings (SSSR count).